The third-order valence-electron chi connectivity index (χ3n) is 3.46. The molecule has 0 fully saturated rings. The van der Waals surface area contributed by atoms with Gasteiger partial charge in [-0.2, -0.15) is 0 Å². The fourth-order valence-electron chi connectivity index (χ4n) is 1.88. The van der Waals surface area contributed by atoms with Crippen molar-refractivity contribution in [2.24, 2.45) is 11.8 Å². The van der Waals surface area contributed by atoms with Gasteiger partial charge in [-0.25, -0.2) is 0 Å². The number of carbonyl (C=O) groups excluding carboxylic acids is 2. The van der Waals surface area contributed by atoms with Crippen LogP contribution in [0, 0.1) is 11.8 Å². The van der Waals surface area contributed by atoms with Gasteiger partial charge in [0.25, 0.3) is 0 Å². The van der Waals surface area contributed by atoms with Gasteiger partial charge in [-0.05, 0) is 37.5 Å². The molecule has 122 valence electrons. The maximum Gasteiger partial charge on any atom is 2.00 e. The molecule has 0 saturated heterocycles. The normalized spacial score (nSPS) is 12.4. The molecule has 0 aromatic heterocycles. The van der Waals surface area contributed by atoms with Crippen molar-refractivity contribution < 1.29 is 46.0 Å². The minimum atomic E-state index is -0.893. The maximum absolute atomic E-state index is 10.3. The molecule has 0 aromatic rings. The molecule has 0 aliphatic rings. The Hall–Kier alpha value is -0.177. The van der Waals surface area contributed by atoms with Crippen LogP contribution in [0.1, 0.15) is 79.1 Å². The smallest absolute Gasteiger partial charge is 0.550 e. The van der Waals surface area contributed by atoms with Gasteiger partial charge in [-0.15, -0.1) is 0 Å². The van der Waals surface area contributed by atoms with Crippen LogP contribution < -0.4 is 10.2 Å². The van der Waals surface area contributed by atoms with Crippen LogP contribution in [-0.2, 0) is 35.8 Å². The third kappa shape index (κ3) is 16.0. The molecule has 0 aromatic carbocycles. The molecule has 0 spiro atoms. The molecule has 4 nitrogen and oxygen atoms in total. The number of hydrogen-bond acceptors (Lipinski definition) is 4. The molecule has 0 radical (unpaired) electrons. The summed E-state index contributed by atoms with van der Waals surface area (Å²) >= 11 is 0. The number of carboxylic acid groups (broad SMARTS) is 2. The van der Waals surface area contributed by atoms with E-state index in [-0.39, 0.29) is 38.0 Å². The predicted octanol–water partition coefficient (Wildman–Crippen LogP) is 1.90. The van der Waals surface area contributed by atoms with E-state index in [2.05, 4.69) is 13.8 Å². The molecule has 0 saturated carbocycles. The molecular formula is C16H30O4Zr. The van der Waals surface area contributed by atoms with E-state index in [4.69, 9.17) is 0 Å². The largest absolute Gasteiger partial charge is 2.00 e. The van der Waals surface area contributed by atoms with Crippen LogP contribution in [0.25, 0.3) is 0 Å². The first-order chi connectivity index (χ1) is 9.44. The second-order valence-electron chi connectivity index (χ2n) is 5.13. The molecule has 0 aliphatic carbocycles. The Balaban J connectivity index is -0.000000295. The first kappa shape index (κ1) is 25.8. The number of carbonyl (C=O) groups is 2. The van der Waals surface area contributed by atoms with Crippen molar-refractivity contribution in [2.75, 3.05) is 0 Å². The van der Waals surface area contributed by atoms with E-state index >= 15 is 0 Å². The second-order valence-corrected chi connectivity index (χ2v) is 5.13. The van der Waals surface area contributed by atoms with Crippen LogP contribution in [0.4, 0.5) is 0 Å². The number of carboxylic acids is 2. The Kier molecular flexibility index (Phi) is 21.9. The standard InChI is InChI=1S/2C8H16O2.Zr/c2*1-3-5-6-7(4-2)8(9)10;/h2*7H,3-6H2,1-2H3,(H,9,10);/q;;+2/p-2/t2*7-;/m10./s1. The number of aliphatic carboxylic acids is 2. The summed E-state index contributed by atoms with van der Waals surface area (Å²) in [6, 6.07) is 0. The number of unbranched alkanes of at least 4 members (excludes halogenated alkanes) is 2. The summed E-state index contributed by atoms with van der Waals surface area (Å²) in [6.45, 7) is 7.89. The fraction of sp³-hybridized carbons (Fsp3) is 0.875. The van der Waals surface area contributed by atoms with Crippen molar-refractivity contribution in [1.82, 2.24) is 0 Å². The number of hydrogen-bond donors (Lipinski definition) is 0. The van der Waals surface area contributed by atoms with Crippen LogP contribution in [0.5, 0.6) is 0 Å². The Labute approximate surface area is 148 Å². The Morgan fingerprint density at radius 2 is 1.05 bits per heavy atom. The summed E-state index contributed by atoms with van der Waals surface area (Å²) < 4.78 is 0. The van der Waals surface area contributed by atoms with Gasteiger partial charge in [-0.3, -0.25) is 0 Å². The average molecular weight is 378 g/mol. The molecule has 5 heteroatoms. The first-order valence-corrected chi connectivity index (χ1v) is 7.86. The van der Waals surface area contributed by atoms with Crippen molar-refractivity contribution in [3.8, 4) is 0 Å². The number of rotatable bonds is 10. The van der Waals surface area contributed by atoms with E-state index < -0.39 is 11.9 Å². The zero-order valence-electron chi connectivity index (χ0n) is 13.9. The summed E-state index contributed by atoms with van der Waals surface area (Å²) in [5.74, 6) is -2.23. The molecule has 2 atom stereocenters. The van der Waals surface area contributed by atoms with Crippen LogP contribution in [0.15, 0.2) is 0 Å². The van der Waals surface area contributed by atoms with Gasteiger partial charge in [0.1, 0.15) is 0 Å². The summed E-state index contributed by atoms with van der Waals surface area (Å²) in [5.41, 5.74) is 0. The van der Waals surface area contributed by atoms with Gasteiger partial charge >= 0.3 is 26.2 Å². The second kappa shape index (κ2) is 17.9. The molecular weight excluding hydrogens is 347 g/mol. The average Bonchev–Trinajstić information content (AvgIpc) is 2.40. The minimum Gasteiger partial charge on any atom is -0.550 e. The van der Waals surface area contributed by atoms with E-state index in [1.807, 2.05) is 13.8 Å². The zero-order valence-corrected chi connectivity index (χ0v) is 16.4. The molecule has 0 amide bonds. The Bertz CT molecular complexity index is 231. The minimum absolute atomic E-state index is 0. The monoisotopic (exact) mass is 376 g/mol. The van der Waals surface area contributed by atoms with Crippen LogP contribution >= 0.6 is 0 Å². The fourth-order valence-corrected chi connectivity index (χ4v) is 1.88. The van der Waals surface area contributed by atoms with E-state index in [0.717, 1.165) is 38.5 Å². The van der Waals surface area contributed by atoms with Crippen molar-refractivity contribution in [2.45, 2.75) is 79.1 Å². The van der Waals surface area contributed by atoms with Crippen molar-refractivity contribution in [3.63, 3.8) is 0 Å². The predicted molar refractivity (Wildman–Crippen MR) is 76.6 cm³/mol. The van der Waals surface area contributed by atoms with Gasteiger partial charge in [0, 0.05) is 11.9 Å². The topological polar surface area (TPSA) is 80.3 Å². The van der Waals surface area contributed by atoms with Gasteiger partial charge in [0.15, 0.2) is 0 Å². The molecule has 0 unspecified atom stereocenters. The molecule has 0 heterocycles. The summed E-state index contributed by atoms with van der Waals surface area (Å²) in [4.78, 5) is 20.7. The van der Waals surface area contributed by atoms with E-state index in [0.29, 0.717) is 12.8 Å². The van der Waals surface area contributed by atoms with E-state index in [1.54, 1.807) is 0 Å². The van der Waals surface area contributed by atoms with E-state index in [9.17, 15) is 19.8 Å². The maximum atomic E-state index is 10.3. The van der Waals surface area contributed by atoms with Gasteiger partial charge in [0.05, 0.1) is 0 Å². The van der Waals surface area contributed by atoms with Crippen molar-refractivity contribution in [3.05, 3.63) is 0 Å². The van der Waals surface area contributed by atoms with Gasteiger partial charge in [0.2, 0.25) is 0 Å². The van der Waals surface area contributed by atoms with Crippen molar-refractivity contribution >= 4 is 11.9 Å². The van der Waals surface area contributed by atoms with E-state index in [1.165, 1.54) is 0 Å². The Morgan fingerprint density at radius 3 is 1.19 bits per heavy atom. The zero-order chi connectivity index (χ0) is 16.0. The van der Waals surface area contributed by atoms with Crippen LogP contribution in [0.3, 0.4) is 0 Å². The quantitative estimate of drug-likeness (QED) is 0.582. The van der Waals surface area contributed by atoms with Crippen molar-refractivity contribution in [1.29, 1.82) is 0 Å². The molecule has 0 rings (SSSR count). The SMILES string of the molecule is CCCC[C@@H](CC)C(=O)[O-].CCCC[C@H](CC)C(=O)[O-].[Zr+2]. The summed E-state index contributed by atoms with van der Waals surface area (Å²) in [6.07, 6.45) is 7.04. The molecule has 0 N–H and O–H groups in total. The van der Waals surface area contributed by atoms with Crippen LogP contribution in [0.2, 0.25) is 0 Å². The first-order valence-electron chi connectivity index (χ1n) is 7.86. The van der Waals surface area contributed by atoms with Crippen LogP contribution in [-0.4, -0.2) is 11.9 Å². The summed E-state index contributed by atoms with van der Waals surface area (Å²) in [5, 5.41) is 20.7. The molecule has 0 aliphatic heterocycles. The molecule has 0 bridgehead atoms. The molecule has 21 heavy (non-hydrogen) atoms. The van der Waals surface area contributed by atoms with Gasteiger partial charge in [-0.1, -0.05) is 53.4 Å². The summed E-state index contributed by atoms with van der Waals surface area (Å²) in [7, 11) is 0. The Morgan fingerprint density at radius 1 is 0.762 bits per heavy atom. The van der Waals surface area contributed by atoms with Gasteiger partial charge < -0.3 is 19.8 Å². The third-order valence-corrected chi connectivity index (χ3v) is 3.46.